The Morgan fingerprint density at radius 2 is 1.74 bits per heavy atom. The molecule has 1 unspecified atom stereocenters. The number of anilines is 2. The van der Waals surface area contributed by atoms with E-state index in [0.29, 0.717) is 72.0 Å². The molecule has 2 aliphatic heterocycles. The molecule has 4 rings (SSSR count). The maximum atomic E-state index is 13.7. The molecule has 2 aliphatic rings. The normalized spacial score (nSPS) is 17.3. The second-order valence-corrected chi connectivity index (χ2v) is 12.6. The number of hydrogen-bond acceptors (Lipinski definition) is 7. The molecule has 1 aromatic carbocycles. The van der Waals surface area contributed by atoms with Crippen LogP contribution in [0, 0.1) is 30.0 Å². The third-order valence-corrected chi connectivity index (χ3v) is 9.58. The lowest BCUT2D eigenvalue weighted by molar-refractivity contribution is -0.122. The molecule has 0 spiro atoms. The maximum absolute atomic E-state index is 13.7. The fraction of sp³-hybridized carbons (Fsp3) is 0.500. The number of thioether (sulfide) groups is 1. The van der Waals surface area contributed by atoms with Gasteiger partial charge in [-0.05, 0) is 61.6 Å². The van der Waals surface area contributed by atoms with E-state index in [2.05, 4.69) is 29.7 Å². The minimum absolute atomic E-state index is 0.101. The third-order valence-electron chi connectivity index (χ3n) is 8.20. The van der Waals surface area contributed by atoms with Gasteiger partial charge in [0.05, 0.1) is 4.91 Å². The van der Waals surface area contributed by atoms with Crippen LogP contribution in [-0.2, 0) is 11.3 Å². The van der Waals surface area contributed by atoms with Crippen LogP contribution in [0.25, 0.3) is 6.08 Å². The van der Waals surface area contributed by atoms with E-state index < -0.39 is 0 Å². The number of rotatable bonds is 11. The van der Waals surface area contributed by atoms with Crippen molar-refractivity contribution in [1.82, 2.24) is 9.47 Å². The number of piperazine rings is 1. The quantitative estimate of drug-likeness (QED) is 0.218. The minimum atomic E-state index is -0.306. The fourth-order valence-corrected chi connectivity index (χ4v) is 6.97. The summed E-state index contributed by atoms with van der Waals surface area (Å²) >= 11 is 6.96. The second-order valence-electron chi connectivity index (χ2n) is 11.0. The van der Waals surface area contributed by atoms with Gasteiger partial charge in [-0.3, -0.25) is 19.1 Å². The van der Waals surface area contributed by atoms with Gasteiger partial charge in [0.15, 0.2) is 0 Å². The Balaban J connectivity index is 1.72. The first kappa shape index (κ1) is 31.8. The number of carbonyl (C=O) groups is 1. The number of halogens is 1. The van der Waals surface area contributed by atoms with Gasteiger partial charge >= 0.3 is 0 Å². The predicted octanol–water partition coefficient (Wildman–Crippen LogP) is 6.32. The number of nitrogens with zero attached hydrogens (tertiary/aromatic N) is 5. The Morgan fingerprint density at radius 3 is 2.33 bits per heavy atom. The van der Waals surface area contributed by atoms with Crippen LogP contribution >= 0.6 is 24.0 Å². The molecule has 2 saturated heterocycles. The number of hydrogen-bond donors (Lipinski definition) is 0. The van der Waals surface area contributed by atoms with Crippen molar-refractivity contribution in [2.75, 3.05) is 42.5 Å². The molecule has 0 bridgehead atoms. The summed E-state index contributed by atoms with van der Waals surface area (Å²) in [6, 6.07) is 8.61. The highest BCUT2D eigenvalue weighted by atomic mass is 32.2. The van der Waals surface area contributed by atoms with Gasteiger partial charge in [0.2, 0.25) is 0 Å². The number of nitriles is 1. The van der Waals surface area contributed by atoms with Crippen molar-refractivity contribution in [3.63, 3.8) is 0 Å². The molecule has 42 heavy (non-hydrogen) atoms. The van der Waals surface area contributed by atoms with Gasteiger partial charge in [-0.1, -0.05) is 64.0 Å². The Hall–Kier alpha value is -3.16. The number of carbonyl (C=O) groups excluding carboxylic acids is 1. The van der Waals surface area contributed by atoms with Crippen LogP contribution in [0.5, 0.6) is 0 Å². The van der Waals surface area contributed by atoms with E-state index >= 15 is 0 Å². The van der Waals surface area contributed by atoms with Gasteiger partial charge in [0.25, 0.3) is 11.5 Å². The molecular formula is C32H40FN5O2S2. The van der Waals surface area contributed by atoms with Gasteiger partial charge in [0, 0.05) is 50.5 Å². The van der Waals surface area contributed by atoms with Crippen LogP contribution in [0.15, 0.2) is 34.0 Å². The van der Waals surface area contributed by atoms with Crippen molar-refractivity contribution < 1.29 is 9.18 Å². The summed E-state index contributed by atoms with van der Waals surface area (Å²) in [6.07, 6.45) is 6.84. The standard InChI is InChI=1S/C32H40FN5O2S2/c1-5-8-9-23(7-3)21-38-31(40)28(42-32(38)41)19-26-22(4)27(20-34)30(39)37(14-6-2)29(26)36-17-15-35(16-18-36)25-12-10-24(33)11-13-25/h10-13,19,23H,5-9,14-18,21H2,1-4H3. The summed E-state index contributed by atoms with van der Waals surface area (Å²) in [5.74, 6) is 0.739. The highest BCUT2D eigenvalue weighted by molar-refractivity contribution is 8.26. The molecule has 1 amide bonds. The van der Waals surface area contributed by atoms with Crippen molar-refractivity contribution in [3.8, 4) is 6.07 Å². The molecule has 224 valence electrons. The molecule has 7 nitrogen and oxygen atoms in total. The first-order chi connectivity index (χ1) is 20.2. The van der Waals surface area contributed by atoms with Gasteiger partial charge in [-0.2, -0.15) is 5.26 Å². The van der Waals surface area contributed by atoms with E-state index in [1.165, 1.54) is 23.9 Å². The van der Waals surface area contributed by atoms with Crippen molar-refractivity contribution in [2.45, 2.75) is 66.3 Å². The van der Waals surface area contributed by atoms with Crippen LogP contribution in [0.1, 0.15) is 69.6 Å². The number of benzene rings is 1. The molecule has 2 aromatic rings. The number of aromatic nitrogens is 1. The van der Waals surface area contributed by atoms with Crippen molar-refractivity contribution in [2.24, 2.45) is 5.92 Å². The monoisotopic (exact) mass is 609 g/mol. The summed E-state index contributed by atoms with van der Waals surface area (Å²) in [5, 5.41) is 9.96. The van der Waals surface area contributed by atoms with E-state index in [9.17, 15) is 19.2 Å². The average Bonchev–Trinajstić information content (AvgIpc) is 3.25. The van der Waals surface area contributed by atoms with Crippen molar-refractivity contribution in [3.05, 3.63) is 62.0 Å². The summed E-state index contributed by atoms with van der Waals surface area (Å²) in [5.41, 5.74) is 2.04. The topological polar surface area (TPSA) is 72.6 Å². The zero-order valence-corrected chi connectivity index (χ0v) is 26.6. The molecule has 0 aliphatic carbocycles. The molecule has 1 atom stereocenters. The molecule has 0 radical (unpaired) electrons. The highest BCUT2D eigenvalue weighted by Crippen LogP contribution is 2.37. The van der Waals surface area contributed by atoms with E-state index in [0.717, 1.165) is 37.2 Å². The number of pyridine rings is 1. The van der Waals surface area contributed by atoms with E-state index in [-0.39, 0.29) is 22.8 Å². The van der Waals surface area contributed by atoms with Gasteiger partial charge in [0.1, 0.15) is 27.6 Å². The summed E-state index contributed by atoms with van der Waals surface area (Å²) in [7, 11) is 0. The highest BCUT2D eigenvalue weighted by Gasteiger charge is 2.34. The first-order valence-electron chi connectivity index (χ1n) is 14.9. The fourth-order valence-electron chi connectivity index (χ4n) is 5.71. The largest absolute Gasteiger partial charge is 0.368 e. The first-order valence-corrected chi connectivity index (χ1v) is 16.1. The molecule has 3 heterocycles. The Labute approximate surface area is 258 Å². The van der Waals surface area contributed by atoms with Gasteiger partial charge in [-0.15, -0.1) is 0 Å². The third kappa shape index (κ3) is 6.73. The number of thiocarbonyl (C=S) groups is 1. The van der Waals surface area contributed by atoms with Crippen molar-refractivity contribution >= 4 is 51.8 Å². The zero-order valence-electron chi connectivity index (χ0n) is 25.0. The lowest BCUT2D eigenvalue weighted by Crippen LogP contribution is -2.48. The van der Waals surface area contributed by atoms with E-state index in [4.69, 9.17) is 12.2 Å². The van der Waals surface area contributed by atoms with Crippen LogP contribution < -0.4 is 15.4 Å². The zero-order chi connectivity index (χ0) is 30.4. The molecular weight excluding hydrogens is 570 g/mol. The molecule has 2 fully saturated rings. The van der Waals surface area contributed by atoms with Crippen LogP contribution in [0.2, 0.25) is 0 Å². The van der Waals surface area contributed by atoms with E-state index in [1.807, 2.05) is 13.0 Å². The minimum Gasteiger partial charge on any atom is -0.368 e. The van der Waals surface area contributed by atoms with Crippen LogP contribution in [-0.4, -0.2) is 52.4 Å². The smallest absolute Gasteiger partial charge is 0.270 e. The lowest BCUT2D eigenvalue weighted by Gasteiger charge is -2.39. The van der Waals surface area contributed by atoms with Crippen molar-refractivity contribution in [1.29, 1.82) is 5.26 Å². The molecule has 0 saturated carbocycles. The summed E-state index contributed by atoms with van der Waals surface area (Å²) in [4.78, 5) is 33.8. The Bertz CT molecular complexity index is 1440. The number of amides is 1. The molecule has 1 aromatic heterocycles. The predicted molar refractivity (Wildman–Crippen MR) is 174 cm³/mol. The summed E-state index contributed by atoms with van der Waals surface area (Å²) < 4.78 is 15.7. The molecule has 0 N–H and O–H groups in total. The SMILES string of the molecule is CCCCC(CC)CN1C(=O)C(=Cc2c(C)c(C#N)c(=O)n(CCC)c2N2CCN(c3ccc(F)cc3)CC2)SC1=S. The van der Waals surface area contributed by atoms with Crippen LogP contribution in [0.3, 0.4) is 0 Å². The Morgan fingerprint density at radius 1 is 1.07 bits per heavy atom. The summed E-state index contributed by atoms with van der Waals surface area (Å²) in [6.45, 7) is 11.8. The maximum Gasteiger partial charge on any atom is 0.270 e. The van der Waals surface area contributed by atoms with Gasteiger partial charge < -0.3 is 9.80 Å². The average molecular weight is 610 g/mol. The Kier molecular flexibility index (Phi) is 10.8. The lowest BCUT2D eigenvalue weighted by atomic mass is 9.99. The van der Waals surface area contributed by atoms with Gasteiger partial charge in [-0.25, -0.2) is 4.39 Å². The molecule has 10 heteroatoms. The van der Waals surface area contributed by atoms with E-state index in [1.54, 1.807) is 28.5 Å². The van der Waals surface area contributed by atoms with Crippen LogP contribution in [0.4, 0.5) is 15.9 Å². The second kappa shape index (κ2) is 14.3. The number of unbranched alkanes of at least 4 members (excludes halogenated alkanes) is 1.